The molecule has 0 aromatic heterocycles. The standard InChI is InChI=1S/C66H65N2O7P/c1-49(2)68(50(3)4)76(74-41-15-40-67)75-45-43-72-48-56-31-29-54(63-21-11-13-23-65(56)63)27-25-52-17-14-16-51(46-52)24-26-53-28-30-55(64-22-12-10-20-62(53)64)47-71-42-44-73-66(57-18-8-7-9-19-57,58-32-36-60(69-5)37-33-58)59-34-38-61(70-6)39-35-59/h7-14,16-23,28-39,46,49-50H,15,41-45,47-48H2,1-6H3. The number of benzene rings is 8. The van der Waals surface area contributed by atoms with Gasteiger partial charge in [-0.1, -0.05) is 145 Å². The average molecular weight is 1030 g/mol. The van der Waals surface area contributed by atoms with Gasteiger partial charge >= 0.3 is 0 Å². The summed E-state index contributed by atoms with van der Waals surface area (Å²) in [4.78, 5) is 0. The Hall–Kier alpha value is -7.32. The van der Waals surface area contributed by atoms with Gasteiger partial charge in [0.15, 0.2) is 0 Å². The van der Waals surface area contributed by atoms with Crippen molar-refractivity contribution in [3.8, 4) is 41.2 Å². The first-order chi connectivity index (χ1) is 37.2. The molecule has 9 nitrogen and oxygen atoms in total. The van der Waals surface area contributed by atoms with Gasteiger partial charge in [0.25, 0.3) is 8.53 Å². The van der Waals surface area contributed by atoms with Gasteiger partial charge in [-0.25, -0.2) is 4.67 Å². The van der Waals surface area contributed by atoms with Crippen LogP contribution in [0.5, 0.6) is 11.5 Å². The van der Waals surface area contributed by atoms with E-state index in [2.05, 4.69) is 153 Å². The normalized spacial score (nSPS) is 11.8. The molecule has 386 valence electrons. The van der Waals surface area contributed by atoms with Crippen LogP contribution in [0.2, 0.25) is 0 Å². The van der Waals surface area contributed by atoms with Crippen LogP contribution >= 0.6 is 8.53 Å². The van der Waals surface area contributed by atoms with E-state index in [9.17, 15) is 0 Å². The Kier molecular flexibility index (Phi) is 19.8. The monoisotopic (exact) mass is 1030 g/mol. The first-order valence-corrected chi connectivity index (χ1v) is 26.9. The highest BCUT2D eigenvalue weighted by molar-refractivity contribution is 7.44. The molecule has 0 N–H and O–H groups in total. The zero-order chi connectivity index (χ0) is 53.1. The van der Waals surface area contributed by atoms with E-state index >= 15 is 0 Å². The number of hydrogen-bond donors (Lipinski definition) is 0. The molecule has 0 bridgehead atoms. The van der Waals surface area contributed by atoms with E-state index in [1.54, 1.807) is 14.2 Å². The molecule has 0 saturated heterocycles. The van der Waals surface area contributed by atoms with Gasteiger partial charge in [-0.3, -0.25) is 0 Å². The number of hydrogen-bond acceptors (Lipinski definition) is 9. The Morgan fingerprint density at radius 1 is 0.474 bits per heavy atom. The molecule has 0 aliphatic rings. The molecule has 0 amide bonds. The van der Waals surface area contributed by atoms with Crippen molar-refractivity contribution in [3.05, 3.63) is 226 Å². The molecule has 0 aliphatic heterocycles. The Morgan fingerprint density at radius 3 is 1.42 bits per heavy atom. The lowest BCUT2D eigenvalue weighted by atomic mass is 9.80. The summed E-state index contributed by atoms with van der Waals surface area (Å²) in [5.74, 6) is 15.3. The van der Waals surface area contributed by atoms with Gasteiger partial charge in [0.1, 0.15) is 17.1 Å². The highest BCUT2D eigenvalue weighted by atomic mass is 31.2. The van der Waals surface area contributed by atoms with Gasteiger partial charge in [0, 0.05) is 34.3 Å². The van der Waals surface area contributed by atoms with Gasteiger partial charge in [-0.05, 0) is 132 Å². The van der Waals surface area contributed by atoms with Crippen molar-refractivity contribution in [1.82, 2.24) is 4.67 Å². The topological polar surface area (TPSA) is 91.6 Å². The molecular formula is C66H65N2O7P. The lowest BCUT2D eigenvalue weighted by molar-refractivity contribution is -0.0269. The molecule has 1 atom stereocenters. The molecule has 0 radical (unpaired) electrons. The third kappa shape index (κ3) is 13.7. The van der Waals surface area contributed by atoms with Crippen LogP contribution in [0.25, 0.3) is 21.5 Å². The summed E-state index contributed by atoms with van der Waals surface area (Å²) in [7, 11) is 2.02. The van der Waals surface area contributed by atoms with Crippen LogP contribution in [0.1, 0.15) is 84.2 Å². The summed E-state index contributed by atoms with van der Waals surface area (Å²) >= 11 is 0. The van der Waals surface area contributed by atoms with Crippen molar-refractivity contribution in [2.75, 3.05) is 47.3 Å². The molecular weight excluding hydrogens is 964 g/mol. The Morgan fingerprint density at radius 2 is 0.934 bits per heavy atom. The minimum atomic E-state index is -1.32. The predicted octanol–water partition coefficient (Wildman–Crippen LogP) is 14.1. The molecule has 10 heteroatoms. The fraction of sp³-hybridized carbons (Fsp3) is 0.258. The second-order valence-electron chi connectivity index (χ2n) is 18.6. The van der Waals surface area contributed by atoms with Crippen LogP contribution in [0.15, 0.2) is 176 Å². The van der Waals surface area contributed by atoms with Gasteiger partial charge in [0.2, 0.25) is 0 Å². The molecule has 0 spiro atoms. The summed E-state index contributed by atoms with van der Waals surface area (Å²) in [6.07, 6.45) is 0.322. The highest BCUT2D eigenvalue weighted by Gasteiger charge is 2.38. The number of fused-ring (bicyclic) bond motifs is 2. The number of nitriles is 1. The molecule has 0 heterocycles. The van der Waals surface area contributed by atoms with E-state index in [-0.39, 0.29) is 12.1 Å². The van der Waals surface area contributed by atoms with E-state index in [0.29, 0.717) is 52.7 Å². The van der Waals surface area contributed by atoms with E-state index in [1.807, 2.05) is 84.9 Å². The number of methoxy groups -OCH3 is 2. The minimum Gasteiger partial charge on any atom is -0.497 e. The fourth-order valence-corrected chi connectivity index (χ4v) is 10.9. The van der Waals surface area contributed by atoms with Crippen molar-refractivity contribution in [1.29, 1.82) is 5.26 Å². The Bertz CT molecular complexity index is 3280. The molecule has 0 saturated carbocycles. The second kappa shape index (κ2) is 27.5. The highest BCUT2D eigenvalue weighted by Crippen LogP contribution is 2.46. The van der Waals surface area contributed by atoms with Crippen LogP contribution in [-0.4, -0.2) is 64.0 Å². The first kappa shape index (κ1) is 54.9. The van der Waals surface area contributed by atoms with Crippen molar-refractivity contribution in [2.24, 2.45) is 0 Å². The van der Waals surface area contributed by atoms with E-state index in [4.69, 9.17) is 38.0 Å². The fourth-order valence-electron chi connectivity index (χ4n) is 9.33. The van der Waals surface area contributed by atoms with Crippen molar-refractivity contribution in [3.63, 3.8) is 0 Å². The Labute approximate surface area is 450 Å². The van der Waals surface area contributed by atoms with Gasteiger partial charge in [-0.15, -0.1) is 0 Å². The Balaban J connectivity index is 0.917. The van der Waals surface area contributed by atoms with E-state index in [0.717, 1.165) is 83.1 Å². The van der Waals surface area contributed by atoms with E-state index in [1.165, 1.54) is 0 Å². The SMILES string of the molecule is COc1ccc(C(OCCOCc2ccc(C#Cc3cccc(C#Cc4ccc(COCCOP(OCCC#N)N(C(C)C)C(C)C)c5ccccc45)c3)c3ccccc23)(c2ccccc2)c2ccc(OC)cc2)cc1. The smallest absolute Gasteiger partial charge is 0.259 e. The van der Waals surface area contributed by atoms with Crippen LogP contribution in [0, 0.1) is 35.0 Å². The molecule has 76 heavy (non-hydrogen) atoms. The van der Waals surface area contributed by atoms with Gasteiger partial charge in [0.05, 0.1) is 73.0 Å². The summed E-state index contributed by atoms with van der Waals surface area (Å²) in [5.41, 5.74) is 7.78. The molecule has 8 aromatic carbocycles. The lowest BCUT2D eigenvalue weighted by Gasteiger charge is -2.36. The number of nitrogens with zero attached hydrogens (tertiary/aromatic N) is 2. The molecule has 0 aliphatic carbocycles. The lowest BCUT2D eigenvalue weighted by Crippen LogP contribution is -2.34. The van der Waals surface area contributed by atoms with Crippen LogP contribution in [0.3, 0.4) is 0 Å². The van der Waals surface area contributed by atoms with Gasteiger partial charge in [-0.2, -0.15) is 5.26 Å². The maximum absolute atomic E-state index is 9.04. The summed E-state index contributed by atoms with van der Waals surface area (Å²) in [6, 6.07) is 62.0. The molecule has 1 unspecified atom stereocenters. The maximum atomic E-state index is 9.04. The maximum Gasteiger partial charge on any atom is 0.259 e. The minimum absolute atomic E-state index is 0.234. The van der Waals surface area contributed by atoms with Crippen molar-refractivity contribution in [2.45, 2.75) is 65.0 Å². The van der Waals surface area contributed by atoms with Gasteiger partial charge < -0.3 is 32.7 Å². The molecule has 8 aromatic rings. The second-order valence-corrected chi connectivity index (χ2v) is 20.0. The zero-order valence-electron chi connectivity index (χ0n) is 44.3. The predicted molar refractivity (Wildman–Crippen MR) is 305 cm³/mol. The largest absolute Gasteiger partial charge is 0.497 e. The average Bonchev–Trinajstić information content (AvgIpc) is 3.50. The van der Waals surface area contributed by atoms with Crippen molar-refractivity contribution >= 4 is 30.1 Å². The molecule has 8 rings (SSSR count). The summed E-state index contributed by atoms with van der Waals surface area (Å²) < 4.78 is 45.1. The van der Waals surface area contributed by atoms with E-state index < -0.39 is 14.1 Å². The summed E-state index contributed by atoms with van der Waals surface area (Å²) in [6.45, 7) is 11.2. The van der Waals surface area contributed by atoms with Crippen LogP contribution in [0.4, 0.5) is 0 Å². The third-order valence-electron chi connectivity index (χ3n) is 12.9. The third-order valence-corrected chi connectivity index (χ3v) is 15.0. The summed E-state index contributed by atoms with van der Waals surface area (Å²) in [5, 5.41) is 13.4. The van der Waals surface area contributed by atoms with Crippen molar-refractivity contribution < 1.29 is 32.7 Å². The number of ether oxygens (including phenoxy) is 5. The first-order valence-electron chi connectivity index (χ1n) is 25.7. The van der Waals surface area contributed by atoms with Crippen LogP contribution < -0.4 is 9.47 Å². The molecule has 0 fully saturated rings. The zero-order valence-corrected chi connectivity index (χ0v) is 45.1. The quantitative estimate of drug-likeness (QED) is 0.0269. The number of rotatable bonds is 23. The van der Waals surface area contributed by atoms with Crippen LogP contribution in [-0.2, 0) is 42.1 Å².